The van der Waals surface area contributed by atoms with Gasteiger partial charge < -0.3 is 4.74 Å². The maximum absolute atomic E-state index is 12.9. The second-order valence-corrected chi connectivity index (χ2v) is 9.35. The van der Waals surface area contributed by atoms with Crippen LogP contribution in [0.15, 0.2) is 4.99 Å². The van der Waals surface area contributed by atoms with Crippen molar-refractivity contribution < 1.29 is 48.1 Å². The van der Waals surface area contributed by atoms with Crippen molar-refractivity contribution in [3.05, 3.63) is 62.9 Å². The van der Waals surface area contributed by atoms with Gasteiger partial charge in [-0.3, -0.25) is 0 Å². The van der Waals surface area contributed by atoms with E-state index in [9.17, 15) is 26.3 Å². The molecule has 10 heteroatoms. The molecule has 0 aromatic heterocycles. The topological polar surface area (TPSA) is 21.6 Å². The molecule has 1 atom stereocenters. The molecule has 0 aromatic rings. The van der Waals surface area contributed by atoms with Crippen molar-refractivity contribution in [2.45, 2.75) is 38.6 Å². The Morgan fingerprint density at radius 2 is 1.34 bits per heavy atom. The number of alkyl halides is 6. The number of hydrogen-bond acceptors (Lipinski definition) is 2. The minimum atomic E-state index is -5.38. The number of ether oxygens (including phenoxy) is 1. The molecule has 0 amide bonds. The van der Waals surface area contributed by atoms with Gasteiger partial charge in [0.25, 0.3) is 0 Å². The van der Waals surface area contributed by atoms with E-state index in [1.807, 2.05) is 52.9 Å². The largest absolute Gasteiger partial charge is 2.00 e. The summed E-state index contributed by atoms with van der Waals surface area (Å²) in [5.41, 5.74) is -1.11. The SMILES string of the molecule is CC(C)(C)[C@H]1COC([C]2[CH][CH][CH][C]2P(C(F)(F)F)C(F)(F)F)=N1.[CH]1[CH][CH][CH][CH]1.[Fe+2]. The van der Waals surface area contributed by atoms with E-state index in [2.05, 4.69) is 4.99 Å². The van der Waals surface area contributed by atoms with Crippen LogP contribution in [0.3, 0.4) is 0 Å². The number of hydrogen-bond donors (Lipinski definition) is 0. The first-order valence-corrected chi connectivity index (χ1v) is 9.73. The van der Waals surface area contributed by atoms with Crippen molar-refractivity contribution in [1.82, 2.24) is 0 Å². The van der Waals surface area contributed by atoms with E-state index in [-0.39, 0.29) is 46.9 Å². The quantitative estimate of drug-likeness (QED) is 0.267. The molecule has 2 fully saturated rings. The van der Waals surface area contributed by atoms with Crippen molar-refractivity contribution in [2.24, 2.45) is 10.4 Å². The number of halogens is 6. The third kappa shape index (κ3) is 7.57. The van der Waals surface area contributed by atoms with Crippen LogP contribution in [-0.4, -0.2) is 30.4 Å². The van der Waals surface area contributed by atoms with Crippen molar-refractivity contribution >= 4 is 13.8 Å². The summed E-state index contributed by atoms with van der Waals surface area (Å²) in [6, 6.07) is -0.316. The zero-order valence-corrected chi connectivity index (χ0v) is 17.8. The average molecular weight is 479 g/mol. The van der Waals surface area contributed by atoms with Crippen LogP contribution in [-0.2, 0) is 21.8 Å². The van der Waals surface area contributed by atoms with Crippen LogP contribution in [0.5, 0.6) is 0 Å². The second-order valence-electron chi connectivity index (χ2n) is 7.19. The fraction of sp³-hybridized carbons (Fsp3) is 0.421. The van der Waals surface area contributed by atoms with Gasteiger partial charge in [-0.2, -0.15) is 26.3 Å². The average Bonchev–Trinajstić information content (AvgIpc) is 3.27. The van der Waals surface area contributed by atoms with Crippen LogP contribution in [0, 0.1) is 68.4 Å². The van der Waals surface area contributed by atoms with E-state index < -0.39 is 25.4 Å². The maximum atomic E-state index is 12.9. The molecule has 0 aromatic carbocycles. The van der Waals surface area contributed by atoms with Crippen LogP contribution < -0.4 is 0 Å². The summed E-state index contributed by atoms with van der Waals surface area (Å²) in [6.45, 7) is 5.76. The number of nitrogens with zero attached hydrogens (tertiary/aromatic N) is 1. The van der Waals surface area contributed by atoms with Gasteiger partial charge in [0.05, 0.1) is 12.0 Å². The van der Waals surface area contributed by atoms with E-state index in [4.69, 9.17) is 4.74 Å². The molecule has 3 rings (SSSR count). The Balaban J connectivity index is 0.000000610. The minimum absolute atomic E-state index is 0. The molecule has 0 bridgehead atoms. The first-order valence-electron chi connectivity index (χ1n) is 8.39. The summed E-state index contributed by atoms with van der Waals surface area (Å²) < 4.78 is 82.9. The molecule has 2 saturated carbocycles. The molecule has 0 spiro atoms. The summed E-state index contributed by atoms with van der Waals surface area (Å²) in [5.74, 6) is -11.1. The Hall–Kier alpha value is -0.000519. The second kappa shape index (κ2) is 10.5. The van der Waals surface area contributed by atoms with Crippen LogP contribution >= 0.6 is 7.92 Å². The summed E-state index contributed by atoms with van der Waals surface area (Å²) in [6.07, 6.45) is 13.2. The Morgan fingerprint density at radius 3 is 1.72 bits per heavy atom. The van der Waals surface area contributed by atoms with E-state index in [0.29, 0.717) is 0 Å². The molecule has 1 aliphatic heterocycles. The molecular weight excluding hydrogens is 459 g/mol. The normalized spacial score (nSPS) is 24.1. The van der Waals surface area contributed by atoms with Crippen LogP contribution in [0.4, 0.5) is 26.3 Å². The van der Waals surface area contributed by atoms with Gasteiger partial charge in [0.1, 0.15) is 14.5 Å². The standard InChI is InChI=1S/C14H15F6NOP.C5H5.Fe/c1-12(2,3)10-7-22-11(21-10)8-5-4-6-9(8)23(13(15,16)17)14(18,19)20;1-2-4-5-3-1;/h4-6,10H,7H2,1-3H3;1-5H;/q;;+2/t10-;;/m1../s1. The third-order valence-electron chi connectivity index (χ3n) is 3.98. The van der Waals surface area contributed by atoms with Gasteiger partial charge in [-0.15, -0.1) is 0 Å². The Bertz CT molecular complexity index is 521. The molecule has 0 N–H and O–H groups in total. The van der Waals surface area contributed by atoms with E-state index in [1.54, 1.807) is 0 Å². The molecule has 2 aliphatic carbocycles. The van der Waals surface area contributed by atoms with Crippen molar-refractivity contribution in [2.75, 3.05) is 6.61 Å². The van der Waals surface area contributed by atoms with Crippen molar-refractivity contribution in [3.8, 4) is 0 Å². The van der Waals surface area contributed by atoms with Crippen LogP contribution in [0.1, 0.15) is 20.8 Å². The molecule has 3 aliphatic rings. The number of rotatable bonds is 2. The smallest absolute Gasteiger partial charge is 0.478 e. The molecular formula is C19H20F6FeNOP+2. The molecule has 0 unspecified atom stereocenters. The summed E-state index contributed by atoms with van der Waals surface area (Å²) >= 11 is 0. The Kier molecular flexibility index (Phi) is 9.83. The van der Waals surface area contributed by atoms with Gasteiger partial charge >= 0.3 is 28.9 Å². The maximum Gasteiger partial charge on any atom is 2.00 e. The minimum Gasteiger partial charge on any atom is -0.478 e. The van der Waals surface area contributed by atoms with Crippen LogP contribution in [0.25, 0.3) is 0 Å². The van der Waals surface area contributed by atoms with Gasteiger partial charge in [-0.25, -0.2) is 4.99 Å². The van der Waals surface area contributed by atoms with Gasteiger partial charge in [0, 0.05) is 5.66 Å². The number of aliphatic imine (C=N–C) groups is 1. The first-order chi connectivity index (χ1) is 12.8. The van der Waals surface area contributed by atoms with Gasteiger partial charge in [0.2, 0.25) is 0 Å². The zero-order valence-electron chi connectivity index (χ0n) is 15.8. The predicted molar refractivity (Wildman–Crippen MR) is 96.5 cm³/mol. The summed E-state index contributed by atoms with van der Waals surface area (Å²) in [7, 11) is -4.34. The fourth-order valence-corrected chi connectivity index (χ4v) is 3.97. The van der Waals surface area contributed by atoms with Crippen LogP contribution in [0.2, 0.25) is 0 Å². The van der Waals surface area contributed by atoms with Crippen molar-refractivity contribution in [1.29, 1.82) is 0 Å². The summed E-state index contributed by atoms with van der Waals surface area (Å²) in [4.78, 5) is 4.18. The Labute approximate surface area is 180 Å². The molecule has 10 radical (unpaired) electrons. The van der Waals surface area contributed by atoms with E-state index >= 15 is 0 Å². The molecule has 29 heavy (non-hydrogen) atoms. The van der Waals surface area contributed by atoms with Crippen molar-refractivity contribution in [3.63, 3.8) is 0 Å². The first kappa shape index (κ1) is 27.0. The van der Waals surface area contributed by atoms with E-state index in [0.717, 1.165) is 12.8 Å². The Morgan fingerprint density at radius 1 is 0.862 bits per heavy atom. The zero-order chi connectivity index (χ0) is 21.2. The summed E-state index contributed by atoms with van der Waals surface area (Å²) in [5, 5.41) is 0. The third-order valence-corrected chi connectivity index (χ3v) is 5.86. The van der Waals surface area contributed by atoms with Gasteiger partial charge in [-0.1, -0.05) is 20.8 Å². The molecule has 160 valence electrons. The predicted octanol–water partition coefficient (Wildman–Crippen LogP) is 6.10. The molecule has 2 nitrogen and oxygen atoms in total. The van der Waals surface area contributed by atoms with Gasteiger partial charge in [-0.05, 0) is 56.8 Å². The van der Waals surface area contributed by atoms with Gasteiger partial charge in [0.15, 0.2) is 5.90 Å². The fourth-order valence-electron chi connectivity index (χ4n) is 2.49. The monoisotopic (exact) mass is 479 g/mol. The van der Waals surface area contributed by atoms with E-state index in [1.165, 1.54) is 6.42 Å². The molecule has 0 saturated heterocycles. The molecule has 1 heterocycles.